The van der Waals surface area contributed by atoms with E-state index in [9.17, 15) is 0 Å². The van der Waals surface area contributed by atoms with E-state index in [1.165, 1.54) is 38.8 Å². The number of hydrogen-bond donors (Lipinski definition) is 1. The molecule has 3 rings (SSSR count). The Kier molecular flexibility index (Phi) is 4.87. The lowest BCUT2D eigenvalue weighted by molar-refractivity contribution is 0.193. The molecule has 0 bridgehead atoms. The molecule has 1 saturated heterocycles. The molecule has 2 fully saturated rings. The Morgan fingerprint density at radius 3 is 2.75 bits per heavy atom. The van der Waals surface area contributed by atoms with Crippen LogP contribution in [0.4, 0.5) is 0 Å². The molecule has 1 heterocycles. The molecule has 0 spiro atoms. The molecule has 1 unspecified atom stereocenters. The average molecular weight is 313 g/mol. The summed E-state index contributed by atoms with van der Waals surface area (Å²) < 4.78 is 0. The average Bonchev–Trinajstić information content (AvgIpc) is 3.28. The van der Waals surface area contributed by atoms with E-state index in [0.717, 1.165) is 40.7 Å². The smallest absolute Gasteiger partial charge is 0.0452 e. The molecule has 1 N–H and O–H groups in total. The molecule has 2 nitrogen and oxygen atoms in total. The highest BCUT2D eigenvalue weighted by Gasteiger charge is 2.31. The topological polar surface area (TPSA) is 15.3 Å². The van der Waals surface area contributed by atoms with Gasteiger partial charge < -0.3 is 5.32 Å². The quantitative estimate of drug-likeness (QED) is 0.885. The normalized spacial score (nSPS) is 23.2. The van der Waals surface area contributed by atoms with Gasteiger partial charge in [-0.3, -0.25) is 4.90 Å². The van der Waals surface area contributed by atoms with Crippen LogP contribution in [-0.4, -0.2) is 30.6 Å². The SMILES string of the molecule is Clc1ccc(Cl)c(CN(CC2CCCNC2)C2CC2)c1. The van der Waals surface area contributed by atoms with Gasteiger partial charge in [0.15, 0.2) is 0 Å². The number of halogens is 2. The van der Waals surface area contributed by atoms with Gasteiger partial charge in [0, 0.05) is 29.2 Å². The lowest BCUT2D eigenvalue weighted by Gasteiger charge is -2.30. The van der Waals surface area contributed by atoms with Crippen molar-refractivity contribution in [1.29, 1.82) is 0 Å². The second kappa shape index (κ2) is 6.65. The summed E-state index contributed by atoms with van der Waals surface area (Å²) in [6.45, 7) is 4.45. The fourth-order valence-electron chi connectivity index (χ4n) is 3.08. The second-order valence-electron chi connectivity index (χ2n) is 6.11. The van der Waals surface area contributed by atoms with E-state index >= 15 is 0 Å². The molecule has 0 radical (unpaired) electrons. The molecular weight excluding hydrogens is 291 g/mol. The molecule has 1 atom stereocenters. The first-order chi connectivity index (χ1) is 9.72. The maximum Gasteiger partial charge on any atom is 0.0452 e. The van der Waals surface area contributed by atoms with Crippen molar-refractivity contribution in [3.05, 3.63) is 33.8 Å². The molecule has 0 amide bonds. The first-order valence-corrected chi connectivity index (χ1v) is 8.36. The van der Waals surface area contributed by atoms with Crippen LogP contribution in [0.2, 0.25) is 10.0 Å². The number of rotatable bonds is 5. The van der Waals surface area contributed by atoms with Gasteiger partial charge in [0.25, 0.3) is 0 Å². The molecular formula is C16H22Cl2N2. The Balaban J connectivity index is 1.66. The molecule has 1 aliphatic heterocycles. The van der Waals surface area contributed by atoms with E-state index < -0.39 is 0 Å². The Morgan fingerprint density at radius 1 is 1.20 bits per heavy atom. The first kappa shape index (κ1) is 14.6. The van der Waals surface area contributed by atoms with Gasteiger partial charge in [-0.25, -0.2) is 0 Å². The highest BCUT2D eigenvalue weighted by molar-refractivity contribution is 6.33. The van der Waals surface area contributed by atoms with Crippen molar-refractivity contribution in [2.24, 2.45) is 5.92 Å². The van der Waals surface area contributed by atoms with Crippen LogP contribution in [-0.2, 0) is 6.54 Å². The summed E-state index contributed by atoms with van der Waals surface area (Å²) in [6, 6.07) is 6.54. The fourth-order valence-corrected chi connectivity index (χ4v) is 3.45. The third kappa shape index (κ3) is 3.88. The minimum atomic E-state index is 0.756. The van der Waals surface area contributed by atoms with Crippen LogP contribution in [0.5, 0.6) is 0 Å². The summed E-state index contributed by atoms with van der Waals surface area (Å²) in [7, 11) is 0. The van der Waals surface area contributed by atoms with E-state index in [2.05, 4.69) is 10.2 Å². The van der Waals surface area contributed by atoms with Crippen LogP contribution < -0.4 is 5.32 Å². The fraction of sp³-hybridized carbons (Fsp3) is 0.625. The van der Waals surface area contributed by atoms with Crippen LogP contribution in [0.1, 0.15) is 31.2 Å². The van der Waals surface area contributed by atoms with Gasteiger partial charge in [0.2, 0.25) is 0 Å². The van der Waals surface area contributed by atoms with Crippen LogP contribution in [0.3, 0.4) is 0 Å². The lowest BCUT2D eigenvalue weighted by atomic mass is 9.98. The molecule has 2 aliphatic rings. The summed E-state index contributed by atoms with van der Waals surface area (Å²) in [5, 5.41) is 5.12. The summed E-state index contributed by atoms with van der Waals surface area (Å²) >= 11 is 12.4. The third-order valence-electron chi connectivity index (χ3n) is 4.34. The predicted octanol–water partition coefficient (Wildman–Crippen LogP) is 3.96. The van der Waals surface area contributed by atoms with Gasteiger partial charge in [-0.2, -0.15) is 0 Å². The van der Waals surface area contributed by atoms with E-state index in [-0.39, 0.29) is 0 Å². The minimum absolute atomic E-state index is 0.756. The van der Waals surface area contributed by atoms with Crippen molar-refractivity contribution >= 4 is 23.2 Å². The number of piperidine rings is 1. The van der Waals surface area contributed by atoms with E-state index in [4.69, 9.17) is 23.2 Å². The third-order valence-corrected chi connectivity index (χ3v) is 4.94. The van der Waals surface area contributed by atoms with Crippen molar-refractivity contribution < 1.29 is 0 Å². The summed E-state index contributed by atoms with van der Waals surface area (Å²) in [4.78, 5) is 2.61. The first-order valence-electron chi connectivity index (χ1n) is 7.61. The van der Waals surface area contributed by atoms with Gasteiger partial charge in [0.05, 0.1) is 0 Å². The summed E-state index contributed by atoms with van der Waals surface area (Å²) in [6.07, 6.45) is 5.32. The molecule has 1 saturated carbocycles. The Bertz CT molecular complexity index is 454. The van der Waals surface area contributed by atoms with Gasteiger partial charge in [-0.1, -0.05) is 23.2 Å². The van der Waals surface area contributed by atoms with Crippen LogP contribution in [0.15, 0.2) is 18.2 Å². The van der Waals surface area contributed by atoms with Crippen molar-refractivity contribution in [1.82, 2.24) is 10.2 Å². The monoisotopic (exact) mass is 312 g/mol. The van der Waals surface area contributed by atoms with Crippen molar-refractivity contribution in [3.8, 4) is 0 Å². The number of nitrogens with one attached hydrogen (secondary N) is 1. The zero-order valence-electron chi connectivity index (χ0n) is 11.7. The van der Waals surface area contributed by atoms with Crippen LogP contribution >= 0.6 is 23.2 Å². The van der Waals surface area contributed by atoms with Gasteiger partial charge >= 0.3 is 0 Å². The van der Waals surface area contributed by atoms with Crippen LogP contribution in [0, 0.1) is 5.92 Å². The molecule has 1 aliphatic carbocycles. The second-order valence-corrected chi connectivity index (χ2v) is 6.95. The largest absolute Gasteiger partial charge is 0.316 e. The van der Waals surface area contributed by atoms with Crippen LogP contribution in [0.25, 0.3) is 0 Å². The highest BCUT2D eigenvalue weighted by atomic mass is 35.5. The maximum atomic E-state index is 6.31. The maximum absolute atomic E-state index is 6.31. The van der Waals surface area contributed by atoms with E-state index in [0.29, 0.717) is 0 Å². The predicted molar refractivity (Wildman–Crippen MR) is 85.5 cm³/mol. The van der Waals surface area contributed by atoms with Gasteiger partial charge in [0.1, 0.15) is 0 Å². The Labute approximate surface area is 131 Å². The summed E-state index contributed by atoms with van der Waals surface area (Å²) in [5.41, 5.74) is 1.16. The zero-order valence-corrected chi connectivity index (χ0v) is 13.3. The summed E-state index contributed by atoms with van der Waals surface area (Å²) in [5.74, 6) is 0.780. The van der Waals surface area contributed by atoms with Crippen molar-refractivity contribution in [3.63, 3.8) is 0 Å². The molecule has 1 aromatic carbocycles. The molecule has 0 aromatic heterocycles. The highest BCUT2D eigenvalue weighted by Crippen LogP contribution is 2.32. The van der Waals surface area contributed by atoms with Gasteiger partial charge in [-0.15, -0.1) is 0 Å². The number of benzene rings is 1. The zero-order chi connectivity index (χ0) is 13.9. The van der Waals surface area contributed by atoms with Gasteiger partial charge in [-0.05, 0) is 68.5 Å². The number of nitrogens with zero attached hydrogens (tertiary/aromatic N) is 1. The van der Waals surface area contributed by atoms with Crippen molar-refractivity contribution in [2.45, 2.75) is 38.3 Å². The minimum Gasteiger partial charge on any atom is -0.316 e. The molecule has 4 heteroatoms. The Morgan fingerprint density at radius 2 is 2.05 bits per heavy atom. The standard InChI is InChI=1S/C16H22Cl2N2/c17-14-3-6-16(18)13(8-14)11-20(15-4-5-15)10-12-2-1-7-19-9-12/h3,6,8,12,15,19H,1-2,4-5,7,9-11H2. The van der Waals surface area contributed by atoms with Crippen molar-refractivity contribution in [2.75, 3.05) is 19.6 Å². The molecule has 20 heavy (non-hydrogen) atoms. The van der Waals surface area contributed by atoms with E-state index in [1.807, 2.05) is 18.2 Å². The lowest BCUT2D eigenvalue weighted by Crippen LogP contribution is -2.39. The van der Waals surface area contributed by atoms with E-state index in [1.54, 1.807) is 0 Å². The Hall–Kier alpha value is -0.280. The molecule has 110 valence electrons. The number of hydrogen-bond acceptors (Lipinski definition) is 2. The molecule has 1 aromatic rings.